The Labute approximate surface area is 130 Å². The summed E-state index contributed by atoms with van der Waals surface area (Å²) in [6.07, 6.45) is 0. The maximum Gasteiger partial charge on any atom is 0.275 e. The zero-order valence-electron chi connectivity index (χ0n) is 11.5. The van der Waals surface area contributed by atoms with Crippen molar-refractivity contribution in [1.82, 2.24) is 14.8 Å². The molecule has 2 aromatic rings. The second kappa shape index (κ2) is 5.74. The van der Waals surface area contributed by atoms with Crippen LogP contribution in [0.3, 0.4) is 0 Å². The fourth-order valence-corrected chi connectivity index (χ4v) is 4.14. The first-order valence-corrected chi connectivity index (χ1v) is 9.13. The average Bonchev–Trinajstić information content (AvgIpc) is 2.91. The summed E-state index contributed by atoms with van der Waals surface area (Å²) in [5.74, 6) is -0.398. The highest BCUT2D eigenvalue weighted by Gasteiger charge is 2.21. The summed E-state index contributed by atoms with van der Waals surface area (Å²) < 4.78 is 24.2. The second-order valence-electron chi connectivity index (χ2n) is 4.27. The molecule has 7 nitrogen and oxygen atoms in total. The first-order valence-electron chi connectivity index (χ1n) is 6.00. The zero-order valence-corrected chi connectivity index (χ0v) is 13.9. The molecule has 1 amide bonds. The lowest BCUT2D eigenvalue weighted by molar-refractivity contribution is 0.101. The van der Waals surface area contributed by atoms with Crippen LogP contribution in [-0.2, 0) is 15.6 Å². The standard InChI is InChI=1S/C11H13ClN4O3S2/c1-4-16-8(5-6(2)15-16)9(17)14-11-13-7(3)10(20-11)21(12,18)19/h5H,4H2,1-3H3,(H,13,14,17). The number of nitrogens with zero attached hydrogens (tertiary/aromatic N) is 3. The van der Waals surface area contributed by atoms with Crippen LogP contribution in [0, 0.1) is 13.8 Å². The van der Waals surface area contributed by atoms with Gasteiger partial charge in [-0.05, 0) is 26.8 Å². The summed E-state index contributed by atoms with van der Waals surface area (Å²) in [6, 6.07) is 1.65. The molecule has 0 unspecified atom stereocenters. The second-order valence-corrected chi connectivity index (χ2v) is 8.03. The largest absolute Gasteiger partial charge is 0.296 e. The number of hydrogen-bond acceptors (Lipinski definition) is 6. The molecule has 0 bridgehead atoms. The van der Waals surface area contributed by atoms with E-state index >= 15 is 0 Å². The van der Waals surface area contributed by atoms with Gasteiger partial charge in [0.05, 0.1) is 11.4 Å². The maximum atomic E-state index is 12.2. The number of carbonyl (C=O) groups is 1. The Morgan fingerprint density at radius 3 is 2.67 bits per heavy atom. The highest BCUT2D eigenvalue weighted by Crippen LogP contribution is 2.29. The molecule has 2 rings (SSSR count). The number of nitrogens with one attached hydrogen (secondary N) is 1. The monoisotopic (exact) mass is 348 g/mol. The van der Waals surface area contributed by atoms with Gasteiger partial charge in [0.15, 0.2) is 9.34 Å². The molecule has 10 heteroatoms. The maximum absolute atomic E-state index is 12.2. The molecule has 0 saturated heterocycles. The van der Waals surface area contributed by atoms with Crippen molar-refractivity contribution in [2.45, 2.75) is 31.5 Å². The molecule has 0 radical (unpaired) electrons. The Kier molecular flexibility index (Phi) is 4.35. The van der Waals surface area contributed by atoms with E-state index in [9.17, 15) is 13.2 Å². The van der Waals surface area contributed by atoms with Gasteiger partial charge in [0.2, 0.25) is 0 Å². The van der Waals surface area contributed by atoms with Crippen molar-refractivity contribution in [2.75, 3.05) is 5.32 Å². The van der Waals surface area contributed by atoms with Gasteiger partial charge in [0.25, 0.3) is 15.0 Å². The van der Waals surface area contributed by atoms with Crippen LogP contribution in [0.25, 0.3) is 0 Å². The number of anilines is 1. The summed E-state index contributed by atoms with van der Waals surface area (Å²) >= 11 is 0.817. The highest BCUT2D eigenvalue weighted by atomic mass is 35.7. The molecular weight excluding hydrogens is 336 g/mol. The van der Waals surface area contributed by atoms with Crippen LogP contribution in [0.1, 0.15) is 28.8 Å². The van der Waals surface area contributed by atoms with Crippen LogP contribution in [0.5, 0.6) is 0 Å². The quantitative estimate of drug-likeness (QED) is 0.854. The number of halogens is 1. The normalized spacial score (nSPS) is 11.6. The first kappa shape index (κ1) is 15.9. The molecule has 0 atom stereocenters. The van der Waals surface area contributed by atoms with Gasteiger partial charge in [-0.1, -0.05) is 11.3 Å². The van der Waals surface area contributed by atoms with E-state index in [1.54, 1.807) is 17.7 Å². The lowest BCUT2D eigenvalue weighted by Gasteiger charge is -2.03. The molecule has 1 N–H and O–H groups in total. The number of amides is 1. The van der Waals surface area contributed by atoms with E-state index < -0.39 is 15.0 Å². The van der Waals surface area contributed by atoms with Gasteiger partial charge in [-0.2, -0.15) is 5.10 Å². The van der Waals surface area contributed by atoms with Gasteiger partial charge in [-0.15, -0.1) is 0 Å². The number of hydrogen-bond donors (Lipinski definition) is 1. The van der Waals surface area contributed by atoms with Crippen molar-refractivity contribution >= 4 is 42.1 Å². The lowest BCUT2D eigenvalue weighted by Crippen LogP contribution is -2.17. The van der Waals surface area contributed by atoms with Crippen molar-refractivity contribution in [3.05, 3.63) is 23.1 Å². The molecule has 0 aliphatic heterocycles. The fraction of sp³-hybridized carbons (Fsp3) is 0.364. The van der Waals surface area contributed by atoms with Crippen LogP contribution in [0.4, 0.5) is 5.13 Å². The topological polar surface area (TPSA) is 93.9 Å². The van der Waals surface area contributed by atoms with E-state index in [0.29, 0.717) is 12.2 Å². The minimum absolute atomic E-state index is 0.0698. The SMILES string of the molecule is CCn1nc(C)cc1C(=O)Nc1nc(C)c(S(=O)(=O)Cl)s1. The highest BCUT2D eigenvalue weighted by molar-refractivity contribution is 8.15. The zero-order chi connectivity index (χ0) is 15.8. The van der Waals surface area contributed by atoms with E-state index in [-0.39, 0.29) is 15.0 Å². The Morgan fingerprint density at radius 2 is 2.14 bits per heavy atom. The van der Waals surface area contributed by atoms with E-state index in [2.05, 4.69) is 15.4 Å². The van der Waals surface area contributed by atoms with Crippen molar-refractivity contribution in [3.8, 4) is 0 Å². The molecule has 0 saturated carbocycles. The smallest absolute Gasteiger partial charge is 0.275 e. The van der Waals surface area contributed by atoms with Gasteiger partial charge in [-0.25, -0.2) is 13.4 Å². The number of carbonyl (C=O) groups excluding carboxylic acids is 1. The lowest BCUT2D eigenvalue weighted by atomic mass is 10.3. The van der Waals surface area contributed by atoms with E-state index in [1.807, 2.05) is 6.92 Å². The Balaban J connectivity index is 2.28. The summed E-state index contributed by atoms with van der Waals surface area (Å²) in [5.41, 5.74) is 1.37. The molecule has 114 valence electrons. The van der Waals surface area contributed by atoms with Crippen LogP contribution < -0.4 is 5.32 Å². The van der Waals surface area contributed by atoms with Gasteiger partial charge in [0.1, 0.15) is 5.69 Å². The summed E-state index contributed by atoms with van der Waals surface area (Å²) in [7, 11) is 1.44. The molecule has 2 heterocycles. The predicted molar refractivity (Wildman–Crippen MR) is 80.5 cm³/mol. The number of aryl methyl sites for hydroxylation is 3. The van der Waals surface area contributed by atoms with Crippen molar-refractivity contribution in [1.29, 1.82) is 0 Å². The molecule has 0 aliphatic rings. The van der Waals surface area contributed by atoms with E-state index in [1.165, 1.54) is 6.92 Å². The van der Waals surface area contributed by atoms with E-state index in [0.717, 1.165) is 17.0 Å². The minimum atomic E-state index is -3.86. The molecular formula is C11H13ClN4O3S2. The molecule has 2 aromatic heterocycles. The molecule has 0 fully saturated rings. The van der Waals surface area contributed by atoms with Crippen molar-refractivity contribution in [2.24, 2.45) is 0 Å². The fourth-order valence-electron chi connectivity index (χ4n) is 1.79. The van der Waals surface area contributed by atoms with Crippen LogP contribution in [-0.4, -0.2) is 29.1 Å². The third kappa shape index (κ3) is 3.42. The predicted octanol–water partition coefficient (Wildman–Crippen LogP) is 2.16. The van der Waals surface area contributed by atoms with Gasteiger partial charge in [-0.3, -0.25) is 14.8 Å². The Bertz CT molecular complexity index is 794. The van der Waals surface area contributed by atoms with Gasteiger partial charge >= 0.3 is 0 Å². The Hall–Kier alpha value is -1.45. The van der Waals surface area contributed by atoms with Crippen LogP contribution >= 0.6 is 22.0 Å². The minimum Gasteiger partial charge on any atom is -0.296 e. The summed E-state index contributed by atoms with van der Waals surface area (Å²) in [4.78, 5) is 16.2. The van der Waals surface area contributed by atoms with Crippen molar-refractivity contribution in [3.63, 3.8) is 0 Å². The van der Waals surface area contributed by atoms with Gasteiger partial charge in [0, 0.05) is 17.2 Å². The molecule has 0 spiro atoms. The number of rotatable bonds is 4. The van der Waals surface area contributed by atoms with Crippen LogP contribution in [0.15, 0.2) is 10.3 Å². The third-order valence-corrected chi connectivity index (χ3v) is 5.88. The van der Waals surface area contributed by atoms with Crippen LogP contribution in [0.2, 0.25) is 0 Å². The molecule has 0 aromatic carbocycles. The summed E-state index contributed by atoms with van der Waals surface area (Å²) in [6.45, 7) is 5.72. The van der Waals surface area contributed by atoms with Gasteiger partial charge < -0.3 is 0 Å². The molecule has 0 aliphatic carbocycles. The average molecular weight is 349 g/mol. The third-order valence-electron chi connectivity index (χ3n) is 2.63. The van der Waals surface area contributed by atoms with E-state index in [4.69, 9.17) is 10.7 Å². The Morgan fingerprint density at radius 1 is 1.48 bits per heavy atom. The molecule has 21 heavy (non-hydrogen) atoms. The van der Waals surface area contributed by atoms with Crippen molar-refractivity contribution < 1.29 is 13.2 Å². The summed E-state index contributed by atoms with van der Waals surface area (Å²) in [5, 5.41) is 6.92. The number of aromatic nitrogens is 3. The first-order chi connectivity index (χ1) is 9.72. The number of thiazole rings is 1.